The van der Waals surface area contributed by atoms with Gasteiger partial charge in [-0.05, 0) is 60.7 Å². The van der Waals surface area contributed by atoms with E-state index < -0.39 is 5.97 Å². The molecule has 0 atom stereocenters. The van der Waals surface area contributed by atoms with Gasteiger partial charge < -0.3 is 9.47 Å². The predicted molar refractivity (Wildman–Crippen MR) is 95.3 cm³/mol. The number of rotatable bonds is 5. The van der Waals surface area contributed by atoms with Crippen LogP contribution in [0.4, 0.5) is 0 Å². The molecule has 23 heavy (non-hydrogen) atoms. The van der Waals surface area contributed by atoms with Crippen molar-refractivity contribution in [1.29, 1.82) is 0 Å². The molecule has 0 saturated carbocycles. The molecule has 0 aromatic heterocycles. The maximum Gasteiger partial charge on any atom is 0.349 e. The third-order valence-corrected chi connectivity index (χ3v) is 4.00. The maximum atomic E-state index is 11.9. The third kappa shape index (κ3) is 4.83. The highest BCUT2D eigenvalue weighted by molar-refractivity contribution is 9.10. The molecule has 0 fully saturated rings. The van der Waals surface area contributed by atoms with Crippen molar-refractivity contribution in [3.05, 3.63) is 57.6 Å². The van der Waals surface area contributed by atoms with E-state index in [0.717, 1.165) is 21.3 Å². The SMILES string of the molecule is Cc1cc(Br)cc(C)c1OCC(=O)Oc1ccc(C(C)C)cc1. The molecule has 0 saturated heterocycles. The molecule has 0 N–H and O–H groups in total. The summed E-state index contributed by atoms with van der Waals surface area (Å²) in [7, 11) is 0. The van der Waals surface area contributed by atoms with Crippen LogP contribution >= 0.6 is 15.9 Å². The highest BCUT2D eigenvalue weighted by Gasteiger charge is 2.10. The number of carbonyl (C=O) groups excluding carboxylic acids is 1. The average Bonchev–Trinajstić information content (AvgIpc) is 2.46. The highest BCUT2D eigenvalue weighted by atomic mass is 79.9. The molecule has 0 aliphatic carbocycles. The van der Waals surface area contributed by atoms with Crippen LogP contribution in [0.3, 0.4) is 0 Å². The van der Waals surface area contributed by atoms with Gasteiger partial charge in [0.05, 0.1) is 0 Å². The van der Waals surface area contributed by atoms with Crippen LogP contribution in [0.15, 0.2) is 40.9 Å². The number of hydrogen-bond acceptors (Lipinski definition) is 3. The van der Waals surface area contributed by atoms with Crippen LogP contribution < -0.4 is 9.47 Å². The summed E-state index contributed by atoms with van der Waals surface area (Å²) < 4.78 is 11.9. The van der Waals surface area contributed by atoms with E-state index in [-0.39, 0.29) is 6.61 Å². The lowest BCUT2D eigenvalue weighted by Gasteiger charge is -2.12. The summed E-state index contributed by atoms with van der Waals surface area (Å²) in [6.07, 6.45) is 0. The van der Waals surface area contributed by atoms with Gasteiger partial charge in [0, 0.05) is 4.47 Å². The van der Waals surface area contributed by atoms with Crippen LogP contribution in [0.25, 0.3) is 0 Å². The molecule has 0 aliphatic rings. The minimum Gasteiger partial charge on any atom is -0.481 e. The Morgan fingerprint density at radius 2 is 1.65 bits per heavy atom. The second-order valence-corrected chi connectivity index (χ2v) is 6.77. The van der Waals surface area contributed by atoms with Crippen LogP contribution in [0.1, 0.15) is 36.5 Å². The second kappa shape index (κ2) is 7.64. The number of halogens is 1. The largest absolute Gasteiger partial charge is 0.481 e. The zero-order valence-corrected chi connectivity index (χ0v) is 15.4. The number of benzene rings is 2. The number of esters is 1. The molecule has 0 amide bonds. The predicted octanol–water partition coefficient (Wildman–Crippen LogP) is 5.17. The van der Waals surface area contributed by atoms with Crippen molar-refractivity contribution in [2.75, 3.05) is 6.61 Å². The van der Waals surface area contributed by atoms with Gasteiger partial charge in [0.25, 0.3) is 0 Å². The Hall–Kier alpha value is -1.81. The zero-order chi connectivity index (χ0) is 17.0. The molecule has 0 unspecified atom stereocenters. The Morgan fingerprint density at radius 1 is 1.09 bits per heavy atom. The first-order chi connectivity index (χ1) is 10.9. The van der Waals surface area contributed by atoms with E-state index in [2.05, 4.69) is 29.8 Å². The quantitative estimate of drug-likeness (QED) is 0.533. The van der Waals surface area contributed by atoms with Gasteiger partial charge in [-0.3, -0.25) is 0 Å². The van der Waals surface area contributed by atoms with Gasteiger partial charge in [-0.1, -0.05) is 41.9 Å². The normalized spacial score (nSPS) is 10.7. The van der Waals surface area contributed by atoms with Crippen LogP contribution in [-0.2, 0) is 4.79 Å². The van der Waals surface area contributed by atoms with Gasteiger partial charge in [0.15, 0.2) is 6.61 Å². The number of carbonyl (C=O) groups is 1. The third-order valence-electron chi connectivity index (χ3n) is 3.54. The van der Waals surface area contributed by atoms with E-state index in [4.69, 9.17) is 9.47 Å². The smallest absolute Gasteiger partial charge is 0.349 e. The summed E-state index contributed by atoms with van der Waals surface area (Å²) in [5.41, 5.74) is 3.17. The van der Waals surface area contributed by atoms with Gasteiger partial charge >= 0.3 is 5.97 Å². The Morgan fingerprint density at radius 3 is 2.17 bits per heavy atom. The van der Waals surface area contributed by atoms with Crippen molar-refractivity contribution in [1.82, 2.24) is 0 Å². The lowest BCUT2D eigenvalue weighted by molar-refractivity contribution is -0.136. The highest BCUT2D eigenvalue weighted by Crippen LogP contribution is 2.27. The monoisotopic (exact) mass is 376 g/mol. The van der Waals surface area contributed by atoms with Crippen molar-refractivity contribution in [3.63, 3.8) is 0 Å². The molecule has 2 aromatic carbocycles. The van der Waals surface area contributed by atoms with Gasteiger partial charge in [0.1, 0.15) is 11.5 Å². The number of ether oxygens (including phenoxy) is 2. The Labute approximate surface area is 145 Å². The fourth-order valence-corrected chi connectivity index (χ4v) is 3.02. The molecule has 3 nitrogen and oxygen atoms in total. The summed E-state index contributed by atoms with van der Waals surface area (Å²) in [6, 6.07) is 11.5. The second-order valence-electron chi connectivity index (χ2n) is 5.86. The Bertz CT molecular complexity index is 667. The van der Waals surface area contributed by atoms with Gasteiger partial charge in [0.2, 0.25) is 0 Å². The molecule has 4 heteroatoms. The maximum absolute atomic E-state index is 11.9. The molecule has 0 spiro atoms. The molecular formula is C19H21BrO3. The Balaban J connectivity index is 1.95. The molecular weight excluding hydrogens is 356 g/mol. The van der Waals surface area contributed by atoms with E-state index in [0.29, 0.717) is 11.7 Å². The summed E-state index contributed by atoms with van der Waals surface area (Å²) in [5, 5.41) is 0. The van der Waals surface area contributed by atoms with E-state index in [1.165, 1.54) is 5.56 Å². The van der Waals surface area contributed by atoms with Gasteiger partial charge in [-0.2, -0.15) is 0 Å². The minimum atomic E-state index is -0.413. The van der Waals surface area contributed by atoms with Crippen molar-refractivity contribution in [3.8, 4) is 11.5 Å². The van der Waals surface area contributed by atoms with Crippen LogP contribution in [0, 0.1) is 13.8 Å². The van der Waals surface area contributed by atoms with Crippen LogP contribution in [-0.4, -0.2) is 12.6 Å². The van der Waals surface area contributed by atoms with Gasteiger partial charge in [-0.15, -0.1) is 0 Å². The van der Waals surface area contributed by atoms with E-state index in [1.54, 1.807) is 0 Å². The summed E-state index contributed by atoms with van der Waals surface area (Å²) in [5.74, 6) is 1.29. The van der Waals surface area contributed by atoms with E-state index in [1.807, 2.05) is 50.2 Å². The summed E-state index contributed by atoms with van der Waals surface area (Å²) in [6.45, 7) is 8.02. The first-order valence-corrected chi connectivity index (χ1v) is 8.36. The molecule has 0 bridgehead atoms. The lowest BCUT2D eigenvalue weighted by Crippen LogP contribution is -2.18. The molecule has 0 aliphatic heterocycles. The average molecular weight is 377 g/mol. The summed E-state index contributed by atoms with van der Waals surface area (Å²) >= 11 is 3.44. The first kappa shape index (κ1) is 17.5. The first-order valence-electron chi connectivity index (χ1n) is 7.57. The molecule has 2 aromatic rings. The van der Waals surface area contributed by atoms with Crippen molar-refractivity contribution < 1.29 is 14.3 Å². The number of hydrogen-bond donors (Lipinski definition) is 0. The standard InChI is InChI=1S/C19H21BrO3/c1-12(2)15-5-7-17(8-6-15)23-18(21)11-22-19-13(3)9-16(20)10-14(19)4/h5-10,12H,11H2,1-4H3. The van der Waals surface area contributed by atoms with Crippen molar-refractivity contribution in [2.24, 2.45) is 0 Å². The van der Waals surface area contributed by atoms with Gasteiger partial charge in [-0.25, -0.2) is 4.79 Å². The summed E-state index contributed by atoms with van der Waals surface area (Å²) in [4.78, 5) is 11.9. The molecule has 2 rings (SSSR count). The van der Waals surface area contributed by atoms with Crippen LogP contribution in [0.2, 0.25) is 0 Å². The van der Waals surface area contributed by atoms with Crippen molar-refractivity contribution in [2.45, 2.75) is 33.6 Å². The topological polar surface area (TPSA) is 35.5 Å². The lowest BCUT2D eigenvalue weighted by atomic mass is 10.0. The van der Waals surface area contributed by atoms with Crippen LogP contribution in [0.5, 0.6) is 11.5 Å². The van der Waals surface area contributed by atoms with Crippen molar-refractivity contribution >= 4 is 21.9 Å². The fraction of sp³-hybridized carbons (Fsp3) is 0.316. The fourth-order valence-electron chi connectivity index (χ4n) is 2.34. The minimum absolute atomic E-state index is 0.116. The Kier molecular flexibility index (Phi) is 5.83. The van der Waals surface area contributed by atoms with E-state index >= 15 is 0 Å². The molecule has 122 valence electrons. The molecule has 0 heterocycles. The molecule has 0 radical (unpaired) electrons. The zero-order valence-electron chi connectivity index (χ0n) is 13.9. The van der Waals surface area contributed by atoms with E-state index in [9.17, 15) is 4.79 Å². The number of aryl methyl sites for hydroxylation is 2.